The zero-order valence-corrected chi connectivity index (χ0v) is 17.5. The van der Waals surface area contributed by atoms with Crippen LogP contribution in [0.2, 0.25) is 0 Å². The Balaban J connectivity index is 1.75. The zero-order chi connectivity index (χ0) is 20.3. The third kappa shape index (κ3) is 4.55. The Labute approximate surface area is 170 Å². The molecule has 0 aliphatic carbocycles. The fourth-order valence-electron chi connectivity index (χ4n) is 2.52. The maximum absolute atomic E-state index is 5.94. The average molecular weight is 395 g/mol. The molecule has 3 heterocycles. The molecule has 0 saturated carbocycles. The number of aromatic nitrogens is 3. The predicted molar refractivity (Wildman–Crippen MR) is 116 cm³/mol. The Morgan fingerprint density at radius 3 is 2.75 bits per heavy atom. The molecule has 3 aromatic rings. The van der Waals surface area contributed by atoms with E-state index in [4.69, 9.17) is 10.7 Å². The van der Waals surface area contributed by atoms with Crippen molar-refractivity contribution in [3.63, 3.8) is 0 Å². The molecule has 0 aliphatic rings. The maximum Gasteiger partial charge on any atom is 0.132 e. The summed E-state index contributed by atoms with van der Waals surface area (Å²) in [5.41, 5.74) is 8.30. The Morgan fingerprint density at radius 1 is 1.25 bits per heavy atom. The van der Waals surface area contributed by atoms with E-state index in [9.17, 15) is 0 Å². The van der Waals surface area contributed by atoms with E-state index < -0.39 is 0 Å². The molecule has 0 saturated heterocycles. The van der Waals surface area contributed by atoms with Crippen molar-refractivity contribution in [3.8, 4) is 10.6 Å². The minimum Gasteiger partial charge on any atom is -0.401 e. The number of nitrogens with zero attached hydrogens (tertiary/aromatic N) is 4. The van der Waals surface area contributed by atoms with Gasteiger partial charge < -0.3 is 11.1 Å². The molecule has 0 spiro atoms. The van der Waals surface area contributed by atoms with Gasteiger partial charge in [-0.2, -0.15) is 0 Å². The number of aryl methyl sites for hydroxylation is 1. The van der Waals surface area contributed by atoms with Crippen LogP contribution in [0, 0.1) is 6.92 Å². The van der Waals surface area contributed by atoms with Gasteiger partial charge in [0.15, 0.2) is 0 Å². The molecule has 0 amide bonds. The van der Waals surface area contributed by atoms with E-state index in [1.165, 1.54) is 0 Å². The third-order valence-electron chi connectivity index (χ3n) is 4.84. The lowest BCUT2D eigenvalue weighted by Crippen LogP contribution is -2.44. The number of thiazole rings is 1. The first-order valence-corrected chi connectivity index (χ1v) is 9.85. The first kappa shape index (κ1) is 20.0. The summed E-state index contributed by atoms with van der Waals surface area (Å²) in [6.45, 7) is 10.7. The Bertz CT molecular complexity index is 978. The minimum atomic E-state index is -0.297. The molecule has 0 aliphatic heterocycles. The molecule has 0 bridgehead atoms. The summed E-state index contributed by atoms with van der Waals surface area (Å²) < 4.78 is 0. The number of nitrogens with one attached hydrogen (secondary N) is 1. The van der Waals surface area contributed by atoms with Crippen molar-refractivity contribution in [1.82, 2.24) is 19.9 Å². The number of hydrogen-bond donors (Lipinski definition) is 2. The number of rotatable bonds is 7. The molecule has 28 heavy (non-hydrogen) atoms. The van der Waals surface area contributed by atoms with Crippen molar-refractivity contribution in [3.05, 3.63) is 65.6 Å². The van der Waals surface area contributed by atoms with Crippen LogP contribution in [0.25, 0.3) is 10.6 Å². The Morgan fingerprint density at radius 2 is 2.04 bits per heavy atom. The summed E-state index contributed by atoms with van der Waals surface area (Å²) in [6, 6.07) is 9.85. The Kier molecular flexibility index (Phi) is 5.76. The highest BCUT2D eigenvalue weighted by Gasteiger charge is 2.26. The van der Waals surface area contributed by atoms with E-state index in [1.807, 2.05) is 50.5 Å². The molecular formula is C21H26N6S. The van der Waals surface area contributed by atoms with Crippen LogP contribution in [-0.2, 0) is 6.54 Å². The zero-order valence-electron chi connectivity index (χ0n) is 16.7. The summed E-state index contributed by atoms with van der Waals surface area (Å²) in [6.07, 6.45) is 3.65. The van der Waals surface area contributed by atoms with Gasteiger partial charge in [0.25, 0.3) is 0 Å². The lowest BCUT2D eigenvalue weighted by molar-refractivity contribution is 0.182. The molecule has 7 heteroatoms. The second kappa shape index (κ2) is 8.08. The van der Waals surface area contributed by atoms with Gasteiger partial charge in [0.1, 0.15) is 16.6 Å². The molecular weight excluding hydrogens is 368 g/mol. The molecule has 0 unspecified atom stereocenters. The van der Waals surface area contributed by atoms with Crippen LogP contribution in [0.4, 0.5) is 11.6 Å². The van der Waals surface area contributed by atoms with Gasteiger partial charge in [0.05, 0.1) is 22.7 Å². The lowest BCUT2D eigenvalue weighted by Gasteiger charge is -2.35. The maximum atomic E-state index is 5.94. The van der Waals surface area contributed by atoms with Crippen LogP contribution in [0.1, 0.15) is 24.4 Å². The fraction of sp³-hybridized carbons (Fsp3) is 0.286. The lowest BCUT2D eigenvalue weighted by atomic mass is 10.0. The molecule has 3 aromatic heterocycles. The van der Waals surface area contributed by atoms with Crippen molar-refractivity contribution in [2.75, 3.05) is 12.4 Å². The van der Waals surface area contributed by atoms with Gasteiger partial charge in [-0.05, 0) is 57.6 Å². The first-order chi connectivity index (χ1) is 13.3. The van der Waals surface area contributed by atoms with Crippen molar-refractivity contribution in [2.24, 2.45) is 5.73 Å². The summed E-state index contributed by atoms with van der Waals surface area (Å²) >= 11 is 1.63. The van der Waals surface area contributed by atoms with Crippen molar-refractivity contribution in [2.45, 2.75) is 32.9 Å². The van der Waals surface area contributed by atoms with Crippen LogP contribution >= 0.6 is 11.3 Å². The topological polar surface area (TPSA) is 80.0 Å². The molecule has 0 fully saturated rings. The van der Waals surface area contributed by atoms with Crippen molar-refractivity contribution < 1.29 is 0 Å². The molecule has 0 atom stereocenters. The van der Waals surface area contributed by atoms with Crippen LogP contribution in [0.5, 0.6) is 0 Å². The minimum absolute atomic E-state index is 0.297. The summed E-state index contributed by atoms with van der Waals surface area (Å²) in [4.78, 5) is 16.8. The third-order valence-corrected chi connectivity index (χ3v) is 5.84. The number of pyridine rings is 2. The van der Waals surface area contributed by atoms with Crippen LogP contribution in [-0.4, -0.2) is 32.4 Å². The van der Waals surface area contributed by atoms with E-state index in [0.29, 0.717) is 12.2 Å². The van der Waals surface area contributed by atoms with Crippen molar-refractivity contribution in [1.29, 1.82) is 0 Å². The van der Waals surface area contributed by atoms with Gasteiger partial charge in [-0.25, -0.2) is 15.0 Å². The summed E-state index contributed by atoms with van der Waals surface area (Å²) in [7, 11) is 2.02. The highest BCUT2D eigenvalue weighted by atomic mass is 32.1. The van der Waals surface area contributed by atoms with E-state index in [-0.39, 0.29) is 5.54 Å². The van der Waals surface area contributed by atoms with E-state index in [0.717, 1.165) is 32.8 Å². The monoisotopic (exact) mass is 394 g/mol. The molecule has 3 rings (SSSR count). The standard InChI is InChI=1S/C21H26N6S/c1-14-9-10-23-19(11-14)26-18-8-6-7-16(25-18)17-12-24-20(28-17)13-27(5)21(3,4)15(2)22/h6-12H,2,13,22H2,1,3-5H3,(H,23,25,26). The molecule has 3 N–H and O–H groups in total. The predicted octanol–water partition coefficient (Wildman–Crippen LogP) is 4.33. The van der Waals surface area contributed by atoms with Crippen LogP contribution in [0.3, 0.4) is 0 Å². The SMILES string of the molecule is C=C(N)C(C)(C)N(C)Cc1ncc(-c2cccc(Nc3cc(C)ccn3)n2)s1. The van der Waals surface area contributed by atoms with E-state index >= 15 is 0 Å². The molecule has 0 radical (unpaired) electrons. The van der Waals surface area contributed by atoms with Gasteiger partial charge in [-0.3, -0.25) is 4.90 Å². The molecule has 6 nitrogen and oxygen atoms in total. The Hall–Kier alpha value is -2.77. The second-order valence-corrected chi connectivity index (χ2v) is 8.43. The average Bonchev–Trinajstić information content (AvgIpc) is 3.10. The highest BCUT2D eigenvalue weighted by molar-refractivity contribution is 7.15. The summed E-state index contributed by atoms with van der Waals surface area (Å²) in [5, 5.41) is 4.26. The first-order valence-electron chi connectivity index (χ1n) is 9.03. The number of nitrogens with two attached hydrogens (primary N) is 1. The smallest absolute Gasteiger partial charge is 0.132 e. The quantitative estimate of drug-likeness (QED) is 0.621. The van der Waals surface area contributed by atoms with E-state index in [2.05, 4.69) is 40.6 Å². The largest absolute Gasteiger partial charge is 0.401 e. The number of anilines is 2. The van der Waals surface area contributed by atoms with Gasteiger partial charge in [-0.1, -0.05) is 12.6 Å². The molecule has 0 aromatic carbocycles. The number of hydrogen-bond acceptors (Lipinski definition) is 7. The number of likely N-dealkylation sites (N-methyl/N-ethyl adjacent to an activating group) is 1. The highest BCUT2D eigenvalue weighted by Crippen LogP contribution is 2.28. The van der Waals surface area contributed by atoms with Gasteiger partial charge >= 0.3 is 0 Å². The van der Waals surface area contributed by atoms with Crippen molar-refractivity contribution >= 4 is 23.0 Å². The normalized spacial score (nSPS) is 11.6. The second-order valence-electron chi connectivity index (χ2n) is 7.31. The van der Waals surface area contributed by atoms with Gasteiger partial charge in [0.2, 0.25) is 0 Å². The van der Waals surface area contributed by atoms with E-state index in [1.54, 1.807) is 17.5 Å². The van der Waals surface area contributed by atoms with Crippen LogP contribution in [0.15, 0.2) is 55.0 Å². The fourth-order valence-corrected chi connectivity index (χ4v) is 3.47. The van der Waals surface area contributed by atoms with Crippen LogP contribution < -0.4 is 11.1 Å². The molecule has 146 valence electrons. The van der Waals surface area contributed by atoms with Gasteiger partial charge in [-0.15, -0.1) is 11.3 Å². The van der Waals surface area contributed by atoms with Gasteiger partial charge in [0, 0.05) is 18.1 Å². The summed E-state index contributed by atoms with van der Waals surface area (Å²) in [5.74, 6) is 1.53.